The summed E-state index contributed by atoms with van der Waals surface area (Å²) in [6.07, 6.45) is 5.01. The van der Waals surface area contributed by atoms with Gasteiger partial charge in [0.05, 0.1) is 6.54 Å². The van der Waals surface area contributed by atoms with Crippen LogP contribution in [0.4, 0.5) is 4.79 Å². The lowest BCUT2D eigenvalue weighted by Gasteiger charge is -2.30. The first-order valence-electron chi connectivity index (χ1n) is 6.83. The Hall–Kier alpha value is -2.11. The van der Waals surface area contributed by atoms with Crippen molar-refractivity contribution in [3.05, 3.63) is 23.7 Å². The Morgan fingerprint density at radius 3 is 2.65 bits per heavy atom. The first-order valence-corrected chi connectivity index (χ1v) is 6.83. The number of urea groups is 1. The van der Waals surface area contributed by atoms with Crippen molar-refractivity contribution in [1.82, 2.24) is 10.2 Å². The quantitative estimate of drug-likeness (QED) is 0.675. The highest BCUT2D eigenvalue weighted by Gasteiger charge is 2.51. The predicted molar refractivity (Wildman–Crippen MR) is 69.0 cm³/mol. The van der Waals surface area contributed by atoms with Gasteiger partial charge >= 0.3 is 6.03 Å². The van der Waals surface area contributed by atoms with Crippen molar-refractivity contribution in [2.45, 2.75) is 44.2 Å². The number of amides is 3. The van der Waals surface area contributed by atoms with Gasteiger partial charge in [-0.05, 0) is 25.0 Å². The summed E-state index contributed by atoms with van der Waals surface area (Å²) in [5, 5.41) is 2.84. The Morgan fingerprint density at radius 2 is 2.00 bits per heavy atom. The average molecular weight is 276 g/mol. The van der Waals surface area contributed by atoms with Crippen molar-refractivity contribution in [3.63, 3.8) is 0 Å². The van der Waals surface area contributed by atoms with Crippen molar-refractivity contribution >= 4 is 18.2 Å². The smallest absolute Gasteiger partial charge is 0.325 e. The number of imide groups is 1. The molecule has 1 saturated carbocycles. The molecule has 0 bridgehead atoms. The van der Waals surface area contributed by atoms with Gasteiger partial charge in [0.1, 0.15) is 11.3 Å². The zero-order valence-electron chi connectivity index (χ0n) is 11.1. The minimum Gasteiger partial charge on any atom is -0.456 e. The molecular weight excluding hydrogens is 260 g/mol. The number of carbonyl (C=O) groups excluding carboxylic acids is 3. The molecule has 1 N–H and O–H groups in total. The molecule has 20 heavy (non-hydrogen) atoms. The Bertz CT molecular complexity index is 557. The van der Waals surface area contributed by atoms with E-state index in [-0.39, 0.29) is 24.2 Å². The van der Waals surface area contributed by atoms with E-state index in [4.69, 9.17) is 4.42 Å². The van der Waals surface area contributed by atoms with E-state index >= 15 is 0 Å². The average Bonchev–Trinajstić information content (AvgIpc) is 3.00. The van der Waals surface area contributed by atoms with Crippen LogP contribution < -0.4 is 5.32 Å². The molecule has 2 heterocycles. The molecule has 6 heteroatoms. The Kier molecular flexibility index (Phi) is 3.08. The molecule has 1 aliphatic carbocycles. The third kappa shape index (κ3) is 2.01. The van der Waals surface area contributed by atoms with Crippen LogP contribution in [0.15, 0.2) is 16.5 Å². The minimum atomic E-state index is -0.713. The van der Waals surface area contributed by atoms with Crippen molar-refractivity contribution in [1.29, 1.82) is 0 Å². The normalized spacial score (nSPS) is 21.3. The molecule has 0 atom stereocenters. The van der Waals surface area contributed by atoms with Crippen LogP contribution in [0.3, 0.4) is 0 Å². The number of hydrogen-bond acceptors (Lipinski definition) is 4. The first-order chi connectivity index (χ1) is 9.64. The van der Waals surface area contributed by atoms with Gasteiger partial charge in [0.2, 0.25) is 0 Å². The summed E-state index contributed by atoms with van der Waals surface area (Å²) >= 11 is 0. The molecule has 3 rings (SSSR count). The highest BCUT2D eigenvalue weighted by atomic mass is 16.3. The monoisotopic (exact) mass is 276 g/mol. The largest absolute Gasteiger partial charge is 0.456 e. The summed E-state index contributed by atoms with van der Waals surface area (Å²) < 4.78 is 5.23. The zero-order chi connectivity index (χ0) is 14.2. The molecule has 3 amide bonds. The van der Waals surface area contributed by atoms with Crippen LogP contribution in [-0.4, -0.2) is 28.7 Å². The molecule has 2 aliphatic rings. The fourth-order valence-corrected chi connectivity index (χ4v) is 3.01. The standard InChI is InChI=1S/C14H16N2O4/c17-9-11-5-4-10(20-11)8-16-12(18)14(15-13(16)19)6-2-1-3-7-14/h4-5,9H,1-3,6-8H2,(H,15,19). The highest BCUT2D eigenvalue weighted by Crippen LogP contribution is 2.34. The Morgan fingerprint density at radius 1 is 1.25 bits per heavy atom. The molecule has 1 aromatic heterocycles. The van der Waals surface area contributed by atoms with Gasteiger partial charge in [-0.1, -0.05) is 19.3 Å². The summed E-state index contributed by atoms with van der Waals surface area (Å²) in [5.41, 5.74) is -0.713. The van der Waals surface area contributed by atoms with Gasteiger partial charge in [-0.25, -0.2) is 4.79 Å². The Balaban J connectivity index is 1.78. The van der Waals surface area contributed by atoms with Gasteiger partial charge in [-0.15, -0.1) is 0 Å². The molecule has 1 aliphatic heterocycles. The van der Waals surface area contributed by atoms with Crippen LogP contribution in [0.2, 0.25) is 0 Å². The molecular formula is C14H16N2O4. The molecule has 2 fully saturated rings. The van der Waals surface area contributed by atoms with Crippen molar-refractivity contribution < 1.29 is 18.8 Å². The summed E-state index contributed by atoms with van der Waals surface area (Å²) in [5.74, 6) is 0.453. The summed E-state index contributed by atoms with van der Waals surface area (Å²) in [4.78, 5) is 36.3. The lowest BCUT2D eigenvalue weighted by molar-refractivity contribution is -0.133. The summed E-state index contributed by atoms with van der Waals surface area (Å²) in [6.45, 7) is 0.0697. The molecule has 0 radical (unpaired) electrons. The molecule has 0 unspecified atom stereocenters. The number of rotatable bonds is 3. The minimum absolute atomic E-state index is 0.0697. The van der Waals surface area contributed by atoms with Crippen LogP contribution in [0.25, 0.3) is 0 Å². The van der Waals surface area contributed by atoms with Crippen molar-refractivity contribution in [3.8, 4) is 0 Å². The lowest BCUT2D eigenvalue weighted by Crippen LogP contribution is -2.48. The third-order valence-electron chi connectivity index (χ3n) is 4.07. The van der Waals surface area contributed by atoms with E-state index in [1.165, 1.54) is 11.0 Å². The fraction of sp³-hybridized carbons (Fsp3) is 0.500. The molecule has 106 valence electrons. The van der Waals surface area contributed by atoms with Crippen LogP contribution in [0.1, 0.15) is 48.4 Å². The van der Waals surface area contributed by atoms with Gasteiger partial charge in [0.25, 0.3) is 5.91 Å². The van der Waals surface area contributed by atoms with E-state index in [0.717, 1.165) is 19.3 Å². The van der Waals surface area contributed by atoms with Gasteiger partial charge in [-0.2, -0.15) is 0 Å². The second-order valence-corrected chi connectivity index (χ2v) is 5.39. The van der Waals surface area contributed by atoms with E-state index in [2.05, 4.69) is 5.32 Å². The number of hydrogen-bond donors (Lipinski definition) is 1. The summed E-state index contributed by atoms with van der Waals surface area (Å²) in [6, 6.07) is 2.76. The molecule has 1 saturated heterocycles. The lowest BCUT2D eigenvalue weighted by atomic mass is 9.82. The van der Waals surface area contributed by atoms with Crippen LogP contribution in [0.5, 0.6) is 0 Å². The predicted octanol–water partition coefficient (Wildman–Crippen LogP) is 1.85. The van der Waals surface area contributed by atoms with Crippen molar-refractivity contribution in [2.75, 3.05) is 0 Å². The van der Waals surface area contributed by atoms with Crippen molar-refractivity contribution in [2.24, 2.45) is 0 Å². The van der Waals surface area contributed by atoms with Crippen LogP contribution >= 0.6 is 0 Å². The molecule has 6 nitrogen and oxygen atoms in total. The maximum absolute atomic E-state index is 12.5. The maximum atomic E-state index is 12.5. The number of furan rings is 1. The number of carbonyl (C=O) groups is 3. The van der Waals surface area contributed by atoms with E-state index in [0.29, 0.717) is 24.9 Å². The van der Waals surface area contributed by atoms with Gasteiger partial charge in [-0.3, -0.25) is 14.5 Å². The van der Waals surface area contributed by atoms with E-state index < -0.39 is 5.54 Å². The first kappa shape index (κ1) is 12.9. The van der Waals surface area contributed by atoms with E-state index in [9.17, 15) is 14.4 Å². The third-order valence-corrected chi connectivity index (χ3v) is 4.07. The Labute approximate surface area is 116 Å². The van der Waals surface area contributed by atoms with Gasteiger partial charge in [0, 0.05) is 0 Å². The van der Waals surface area contributed by atoms with Crippen LogP contribution in [0, 0.1) is 0 Å². The van der Waals surface area contributed by atoms with E-state index in [1.807, 2.05) is 0 Å². The van der Waals surface area contributed by atoms with Gasteiger partial charge < -0.3 is 9.73 Å². The second kappa shape index (κ2) is 4.77. The maximum Gasteiger partial charge on any atom is 0.325 e. The summed E-state index contributed by atoms with van der Waals surface area (Å²) in [7, 11) is 0. The second-order valence-electron chi connectivity index (χ2n) is 5.39. The molecule has 0 aromatic carbocycles. The van der Waals surface area contributed by atoms with Gasteiger partial charge in [0.15, 0.2) is 12.0 Å². The SMILES string of the molecule is O=Cc1ccc(CN2C(=O)NC3(CCCCC3)C2=O)o1. The molecule has 1 spiro atoms. The number of nitrogens with one attached hydrogen (secondary N) is 1. The fourth-order valence-electron chi connectivity index (χ4n) is 3.01. The number of aldehydes is 1. The number of nitrogens with zero attached hydrogens (tertiary/aromatic N) is 1. The molecule has 1 aromatic rings. The topological polar surface area (TPSA) is 79.6 Å². The van der Waals surface area contributed by atoms with Crippen LogP contribution in [-0.2, 0) is 11.3 Å². The highest BCUT2D eigenvalue weighted by molar-refractivity contribution is 6.07. The zero-order valence-corrected chi connectivity index (χ0v) is 11.1. The van der Waals surface area contributed by atoms with E-state index in [1.54, 1.807) is 6.07 Å².